The summed E-state index contributed by atoms with van der Waals surface area (Å²) >= 11 is 5.58. The molecular formula is C13H18ClN3O. The lowest BCUT2D eigenvalue weighted by Gasteiger charge is -2.21. The highest BCUT2D eigenvalue weighted by molar-refractivity contribution is 6.28. The zero-order valence-electron chi connectivity index (χ0n) is 10.8. The van der Waals surface area contributed by atoms with Gasteiger partial charge in [-0.25, -0.2) is 4.99 Å². The van der Waals surface area contributed by atoms with Gasteiger partial charge in [0, 0.05) is 5.54 Å². The third-order valence-corrected chi connectivity index (χ3v) is 2.31. The van der Waals surface area contributed by atoms with Crippen molar-refractivity contribution in [2.75, 3.05) is 5.88 Å². The number of hydrogen-bond acceptors (Lipinski definition) is 2. The van der Waals surface area contributed by atoms with Gasteiger partial charge in [-0.05, 0) is 32.9 Å². The molecule has 0 aliphatic rings. The van der Waals surface area contributed by atoms with Gasteiger partial charge in [0.1, 0.15) is 5.84 Å². The number of para-hydroxylation sites is 1. The van der Waals surface area contributed by atoms with Crippen LogP contribution in [0.4, 0.5) is 5.69 Å². The van der Waals surface area contributed by atoms with Crippen LogP contribution < -0.4 is 11.1 Å². The van der Waals surface area contributed by atoms with Gasteiger partial charge in [-0.2, -0.15) is 0 Å². The first kappa shape index (κ1) is 14.5. The van der Waals surface area contributed by atoms with E-state index < -0.39 is 0 Å². The Morgan fingerprint density at radius 2 is 2.00 bits per heavy atom. The highest BCUT2D eigenvalue weighted by Gasteiger charge is 2.17. The van der Waals surface area contributed by atoms with E-state index in [0.717, 1.165) is 0 Å². The highest BCUT2D eigenvalue weighted by atomic mass is 35.5. The molecule has 1 aromatic rings. The van der Waals surface area contributed by atoms with E-state index in [1.54, 1.807) is 24.3 Å². The van der Waals surface area contributed by atoms with E-state index in [0.29, 0.717) is 11.3 Å². The van der Waals surface area contributed by atoms with E-state index in [1.165, 1.54) is 0 Å². The molecule has 5 heteroatoms. The highest BCUT2D eigenvalue weighted by Crippen LogP contribution is 2.19. The molecule has 98 valence electrons. The molecule has 0 aromatic heterocycles. The average molecular weight is 268 g/mol. The number of carbonyl (C=O) groups excluding carboxylic acids is 1. The van der Waals surface area contributed by atoms with Gasteiger partial charge in [-0.1, -0.05) is 12.1 Å². The van der Waals surface area contributed by atoms with Crippen LogP contribution >= 0.6 is 11.6 Å². The van der Waals surface area contributed by atoms with Gasteiger partial charge in [-0.3, -0.25) is 4.79 Å². The quantitative estimate of drug-likeness (QED) is 0.502. The molecule has 0 fully saturated rings. The first-order chi connectivity index (χ1) is 8.33. The molecule has 0 heterocycles. The van der Waals surface area contributed by atoms with Crippen LogP contribution in [0.2, 0.25) is 0 Å². The van der Waals surface area contributed by atoms with Crippen molar-refractivity contribution in [3.8, 4) is 0 Å². The number of aliphatic imine (C=N–C) groups is 1. The SMILES string of the molecule is CC(C)(C)NC(=O)c1ccccc1N=C(N)CCl. The van der Waals surface area contributed by atoms with Gasteiger partial charge in [0.05, 0.1) is 17.1 Å². The largest absolute Gasteiger partial charge is 0.386 e. The van der Waals surface area contributed by atoms with E-state index >= 15 is 0 Å². The summed E-state index contributed by atoms with van der Waals surface area (Å²) in [6.07, 6.45) is 0. The molecule has 0 saturated carbocycles. The van der Waals surface area contributed by atoms with Crippen LogP contribution in [0.25, 0.3) is 0 Å². The van der Waals surface area contributed by atoms with E-state index in [1.807, 2.05) is 20.8 Å². The Morgan fingerprint density at radius 3 is 2.56 bits per heavy atom. The summed E-state index contributed by atoms with van der Waals surface area (Å²) < 4.78 is 0. The van der Waals surface area contributed by atoms with Gasteiger partial charge in [0.25, 0.3) is 5.91 Å². The molecule has 0 saturated heterocycles. The van der Waals surface area contributed by atoms with E-state index in [-0.39, 0.29) is 23.2 Å². The van der Waals surface area contributed by atoms with Crippen LogP contribution in [0.3, 0.4) is 0 Å². The van der Waals surface area contributed by atoms with Crippen molar-refractivity contribution in [2.24, 2.45) is 10.7 Å². The molecule has 0 aliphatic heterocycles. The predicted molar refractivity (Wildman–Crippen MR) is 75.7 cm³/mol. The number of halogens is 1. The number of rotatable bonds is 3. The van der Waals surface area contributed by atoms with Crippen molar-refractivity contribution in [3.63, 3.8) is 0 Å². The Kier molecular flexibility index (Phi) is 4.73. The molecule has 1 rings (SSSR count). The van der Waals surface area contributed by atoms with Gasteiger partial charge in [-0.15, -0.1) is 11.6 Å². The second-order valence-corrected chi connectivity index (χ2v) is 5.23. The summed E-state index contributed by atoms with van der Waals surface area (Å²) in [5.41, 5.74) is 6.30. The van der Waals surface area contributed by atoms with Crippen molar-refractivity contribution < 1.29 is 4.79 Å². The minimum atomic E-state index is -0.300. The summed E-state index contributed by atoms with van der Waals surface area (Å²) in [4.78, 5) is 16.2. The van der Waals surface area contributed by atoms with Crippen molar-refractivity contribution in [2.45, 2.75) is 26.3 Å². The number of carbonyl (C=O) groups is 1. The summed E-state index contributed by atoms with van der Waals surface area (Å²) in [5.74, 6) is 0.242. The van der Waals surface area contributed by atoms with Crippen LogP contribution in [0, 0.1) is 0 Å². The molecule has 0 atom stereocenters. The summed E-state index contributed by atoms with van der Waals surface area (Å²) in [7, 11) is 0. The minimum Gasteiger partial charge on any atom is -0.386 e. The van der Waals surface area contributed by atoms with Gasteiger partial charge in [0.2, 0.25) is 0 Å². The Labute approximate surface area is 112 Å². The summed E-state index contributed by atoms with van der Waals surface area (Å²) in [6, 6.07) is 7.03. The zero-order chi connectivity index (χ0) is 13.8. The molecule has 0 spiro atoms. The molecule has 0 bridgehead atoms. The molecule has 0 unspecified atom stereocenters. The fourth-order valence-corrected chi connectivity index (χ4v) is 1.42. The van der Waals surface area contributed by atoms with Crippen LogP contribution in [0.5, 0.6) is 0 Å². The third-order valence-electron chi connectivity index (χ3n) is 2.04. The number of amides is 1. The molecular weight excluding hydrogens is 250 g/mol. The second kappa shape index (κ2) is 5.87. The number of benzene rings is 1. The van der Waals surface area contributed by atoms with Gasteiger partial charge >= 0.3 is 0 Å². The number of alkyl halides is 1. The Morgan fingerprint density at radius 1 is 1.39 bits per heavy atom. The molecule has 4 nitrogen and oxygen atoms in total. The maximum absolute atomic E-state index is 12.1. The smallest absolute Gasteiger partial charge is 0.253 e. The minimum absolute atomic E-state index is 0.134. The van der Waals surface area contributed by atoms with Crippen LogP contribution in [0.15, 0.2) is 29.3 Å². The average Bonchev–Trinajstić information content (AvgIpc) is 2.27. The van der Waals surface area contributed by atoms with Crippen molar-refractivity contribution >= 4 is 29.0 Å². The first-order valence-electron chi connectivity index (χ1n) is 5.64. The number of hydrogen-bond donors (Lipinski definition) is 2. The molecule has 0 radical (unpaired) electrons. The van der Waals surface area contributed by atoms with E-state index in [4.69, 9.17) is 17.3 Å². The molecule has 18 heavy (non-hydrogen) atoms. The Balaban J connectivity index is 3.06. The molecule has 1 amide bonds. The van der Waals surface area contributed by atoms with Gasteiger partial charge < -0.3 is 11.1 Å². The standard InChI is InChI=1S/C13H18ClN3O/c1-13(2,3)17-12(18)9-6-4-5-7-10(9)16-11(15)8-14/h4-7H,8H2,1-3H3,(H2,15,16)(H,17,18). The monoisotopic (exact) mass is 267 g/mol. The fourth-order valence-electron chi connectivity index (χ4n) is 1.36. The van der Waals surface area contributed by atoms with Crippen molar-refractivity contribution in [1.29, 1.82) is 0 Å². The van der Waals surface area contributed by atoms with Gasteiger partial charge in [0.15, 0.2) is 0 Å². The van der Waals surface area contributed by atoms with E-state index in [2.05, 4.69) is 10.3 Å². The topological polar surface area (TPSA) is 67.5 Å². The Bertz CT molecular complexity index is 464. The number of nitrogens with zero attached hydrogens (tertiary/aromatic N) is 1. The predicted octanol–water partition coefficient (Wildman–Crippen LogP) is 2.44. The van der Waals surface area contributed by atoms with E-state index in [9.17, 15) is 4.79 Å². The number of nitrogens with two attached hydrogens (primary N) is 1. The lowest BCUT2D eigenvalue weighted by molar-refractivity contribution is 0.0920. The maximum Gasteiger partial charge on any atom is 0.253 e. The third kappa shape index (κ3) is 4.37. The zero-order valence-corrected chi connectivity index (χ0v) is 11.6. The first-order valence-corrected chi connectivity index (χ1v) is 6.17. The maximum atomic E-state index is 12.1. The van der Waals surface area contributed by atoms with Crippen LogP contribution in [0.1, 0.15) is 31.1 Å². The summed E-state index contributed by atoms with van der Waals surface area (Å²) in [5, 5.41) is 2.89. The lowest BCUT2D eigenvalue weighted by atomic mass is 10.1. The van der Waals surface area contributed by atoms with Crippen LogP contribution in [-0.4, -0.2) is 23.2 Å². The number of nitrogens with one attached hydrogen (secondary N) is 1. The normalized spacial score (nSPS) is 12.3. The fraction of sp³-hybridized carbons (Fsp3) is 0.385. The summed E-state index contributed by atoms with van der Waals surface area (Å²) in [6.45, 7) is 5.76. The van der Waals surface area contributed by atoms with Crippen molar-refractivity contribution in [1.82, 2.24) is 5.32 Å². The molecule has 0 aliphatic carbocycles. The number of amidine groups is 1. The Hall–Kier alpha value is -1.55. The second-order valence-electron chi connectivity index (χ2n) is 4.96. The van der Waals surface area contributed by atoms with Crippen LogP contribution in [-0.2, 0) is 0 Å². The molecule has 3 N–H and O–H groups in total. The van der Waals surface area contributed by atoms with Crippen molar-refractivity contribution in [3.05, 3.63) is 29.8 Å². The molecule has 1 aromatic carbocycles. The lowest BCUT2D eigenvalue weighted by Crippen LogP contribution is -2.40.